The third-order valence-electron chi connectivity index (χ3n) is 1.05. The molecule has 0 radical (unpaired) electrons. The lowest BCUT2D eigenvalue weighted by atomic mass is 10.2. The van der Waals surface area contributed by atoms with Gasteiger partial charge in [-0.15, -0.1) is 0 Å². The van der Waals surface area contributed by atoms with Gasteiger partial charge in [-0.25, -0.2) is 15.0 Å². The third-order valence-corrected chi connectivity index (χ3v) is 1.05. The first kappa shape index (κ1) is 13.2. The van der Waals surface area contributed by atoms with Gasteiger partial charge in [0.05, 0.1) is 7.11 Å². The fraction of sp³-hybridized carbons (Fsp3) is 0.625. The van der Waals surface area contributed by atoms with Crippen molar-refractivity contribution in [1.29, 1.82) is 0 Å². The van der Waals surface area contributed by atoms with Gasteiger partial charge < -0.3 is 9.47 Å². The van der Waals surface area contributed by atoms with Crippen molar-refractivity contribution < 1.29 is 23.9 Å². The van der Waals surface area contributed by atoms with E-state index >= 15 is 0 Å². The van der Waals surface area contributed by atoms with Gasteiger partial charge >= 0.3 is 18.0 Å². The van der Waals surface area contributed by atoms with E-state index in [0.717, 1.165) is 7.11 Å². The molecule has 7 heteroatoms. The Bertz CT molecular complexity index is 269. The lowest BCUT2D eigenvalue weighted by molar-refractivity contribution is -0.153. The first-order valence-electron chi connectivity index (χ1n) is 4.13. The van der Waals surface area contributed by atoms with E-state index in [1.165, 1.54) is 0 Å². The monoisotopic (exact) mass is 218 g/mol. The largest absolute Gasteiger partial charge is 0.462 e. The second-order valence-electron chi connectivity index (χ2n) is 3.57. The number of amides is 2. The molecule has 0 atom stereocenters. The molecule has 7 nitrogen and oxygen atoms in total. The fourth-order valence-corrected chi connectivity index (χ4v) is 0.555. The maximum Gasteiger partial charge on any atom is 0.426 e. The zero-order valence-electron chi connectivity index (χ0n) is 9.04. The Morgan fingerprint density at radius 1 is 1.07 bits per heavy atom. The molecule has 0 aliphatic heterocycles. The zero-order chi connectivity index (χ0) is 12.1. The first-order valence-corrected chi connectivity index (χ1v) is 4.13. The highest BCUT2D eigenvalue weighted by atomic mass is 16.6. The number of esters is 1. The predicted octanol–water partition coefficient (Wildman–Crippen LogP) is -0.285. The van der Waals surface area contributed by atoms with E-state index in [1.54, 1.807) is 20.8 Å². The van der Waals surface area contributed by atoms with Crippen molar-refractivity contribution in [1.82, 2.24) is 10.9 Å². The lowest BCUT2D eigenvalue weighted by Crippen LogP contribution is -2.47. The minimum absolute atomic E-state index is 0.680. The quantitative estimate of drug-likeness (QED) is 0.331. The molecule has 0 saturated heterocycles. The molecule has 0 rings (SSSR count). The van der Waals surface area contributed by atoms with Crippen LogP contribution in [0.1, 0.15) is 20.8 Å². The Morgan fingerprint density at radius 2 is 1.60 bits per heavy atom. The zero-order valence-corrected chi connectivity index (χ0v) is 9.04. The van der Waals surface area contributed by atoms with Crippen molar-refractivity contribution in [3.05, 3.63) is 0 Å². The Labute approximate surface area is 87.1 Å². The highest BCUT2D eigenvalue weighted by Gasteiger charge is 2.18. The summed E-state index contributed by atoms with van der Waals surface area (Å²) in [5, 5.41) is 0. The van der Waals surface area contributed by atoms with Crippen molar-refractivity contribution in [3.63, 3.8) is 0 Å². The summed E-state index contributed by atoms with van der Waals surface area (Å²) in [4.78, 5) is 32.3. The maximum atomic E-state index is 11.0. The lowest BCUT2D eigenvalue weighted by Gasteiger charge is -2.19. The minimum atomic E-state index is -1.11. The van der Waals surface area contributed by atoms with Gasteiger partial charge in [-0.1, -0.05) is 0 Å². The summed E-state index contributed by atoms with van der Waals surface area (Å²) in [6.07, 6.45) is -0.861. The highest BCUT2D eigenvalue weighted by Crippen LogP contribution is 2.05. The summed E-state index contributed by atoms with van der Waals surface area (Å²) >= 11 is 0. The summed E-state index contributed by atoms with van der Waals surface area (Å²) < 4.78 is 8.89. The van der Waals surface area contributed by atoms with Gasteiger partial charge in [0.25, 0.3) is 0 Å². The van der Waals surface area contributed by atoms with Gasteiger partial charge in [-0.2, -0.15) is 0 Å². The Hall–Kier alpha value is -1.79. The van der Waals surface area contributed by atoms with Crippen LogP contribution >= 0.6 is 0 Å². The topological polar surface area (TPSA) is 93.7 Å². The highest BCUT2D eigenvalue weighted by molar-refractivity contribution is 6.32. The van der Waals surface area contributed by atoms with Crippen LogP contribution in [-0.4, -0.2) is 30.7 Å². The Balaban J connectivity index is 3.92. The average molecular weight is 218 g/mol. The molecular formula is C8H14N2O5. The van der Waals surface area contributed by atoms with E-state index in [1.807, 2.05) is 10.9 Å². The number of carbonyl (C=O) groups excluding carboxylic acids is 3. The van der Waals surface area contributed by atoms with Crippen LogP contribution in [-0.2, 0) is 19.1 Å². The van der Waals surface area contributed by atoms with E-state index in [0.29, 0.717) is 0 Å². The van der Waals surface area contributed by atoms with Gasteiger partial charge in [0, 0.05) is 0 Å². The number of methoxy groups -OCH3 is 1. The molecule has 0 aromatic heterocycles. The van der Waals surface area contributed by atoms with Crippen LogP contribution in [0.4, 0.5) is 4.79 Å². The maximum absolute atomic E-state index is 11.0. The number of hydrogen-bond acceptors (Lipinski definition) is 5. The number of hydrogen-bond donors (Lipinski definition) is 2. The normalized spacial score (nSPS) is 10.1. The van der Waals surface area contributed by atoms with Gasteiger partial charge in [-0.05, 0) is 20.8 Å². The summed E-state index contributed by atoms with van der Waals surface area (Å²) in [7, 11) is 1.05. The fourth-order valence-electron chi connectivity index (χ4n) is 0.555. The standard InChI is InChI=1S/C8H14N2O5/c1-8(2,3)15-7(13)10-9-5(11)6(12)14-4/h1-4H3,(H,9,11)(H,10,13). The van der Waals surface area contributed by atoms with Crippen molar-refractivity contribution >= 4 is 18.0 Å². The Morgan fingerprint density at radius 3 is 2.00 bits per heavy atom. The molecule has 0 unspecified atom stereocenters. The molecule has 0 aromatic rings. The number of carbonyl (C=O) groups is 3. The van der Waals surface area contributed by atoms with Gasteiger partial charge in [0.2, 0.25) is 0 Å². The summed E-state index contributed by atoms with van der Waals surface area (Å²) in [5.41, 5.74) is 3.03. The van der Waals surface area contributed by atoms with Crippen molar-refractivity contribution in [2.45, 2.75) is 26.4 Å². The average Bonchev–Trinajstić information content (AvgIpc) is 2.10. The first-order chi connectivity index (χ1) is 6.76. The van der Waals surface area contributed by atoms with Crippen LogP contribution < -0.4 is 10.9 Å². The van der Waals surface area contributed by atoms with Gasteiger partial charge in [-0.3, -0.25) is 10.2 Å². The van der Waals surface area contributed by atoms with Crippen LogP contribution in [0.2, 0.25) is 0 Å². The third kappa shape index (κ3) is 6.30. The number of hydrazine groups is 1. The van der Waals surface area contributed by atoms with Crippen LogP contribution in [0.5, 0.6) is 0 Å². The SMILES string of the molecule is COC(=O)C(=O)NNC(=O)OC(C)(C)C. The minimum Gasteiger partial charge on any atom is -0.462 e. The molecule has 0 fully saturated rings. The smallest absolute Gasteiger partial charge is 0.426 e. The number of nitrogens with one attached hydrogen (secondary N) is 2. The van der Waals surface area contributed by atoms with Gasteiger partial charge in [0.1, 0.15) is 5.60 Å². The van der Waals surface area contributed by atoms with E-state index < -0.39 is 23.6 Å². The second-order valence-corrected chi connectivity index (χ2v) is 3.57. The van der Waals surface area contributed by atoms with Crippen molar-refractivity contribution in [3.8, 4) is 0 Å². The Kier molecular flexibility index (Phi) is 4.56. The molecule has 0 aliphatic rings. The van der Waals surface area contributed by atoms with Crippen LogP contribution in [0, 0.1) is 0 Å². The summed E-state index contributed by atoms with van der Waals surface area (Å²) in [6.45, 7) is 4.98. The van der Waals surface area contributed by atoms with Crippen molar-refractivity contribution in [2.24, 2.45) is 0 Å². The van der Waals surface area contributed by atoms with Crippen molar-refractivity contribution in [2.75, 3.05) is 7.11 Å². The van der Waals surface area contributed by atoms with Gasteiger partial charge in [0.15, 0.2) is 0 Å². The molecule has 0 aromatic carbocycles. The van der Waals surface area contributed by atoms with Crippen LogP contribution in [0.3, 0.4) is 0 Å². The molecule has 0 saturated carbocycles. The van der Waals surface area contributed by atoms with E-state index in [4.69, 9.17) is 4.74 Å². The van der Waals surface area contributed by atoms with E-state index in [9.17, 15) is 14.4 Å². The molecule has 0 bridgehead atoms. The molecule has 86 valence electrons. The van der Waals surface area contributed by atoms with E-state index in [-0.39, 0.29) is 0 Å². The molecule has 0 heterocycles. The number of rotatable bonds is 0. The molecule has 0 aliphatic carbocycles. The molecule has 2 N–H and O–H groups in total. The predicted molar refractivity (Wildman–Crippen MR) is 49.5 cm³/mol. The molecular weight excluding hydrogens is 204 g/mol. The summed E-state index contributed by atoms with van der Waals surface area (Å²) in [5.74, 6) is -2.19. The molecule has 15 heavy (non-hydrogen) atoms. The summed E-state index contributed by atoms with van der Waals surface area (Å²) in [6, 6.07) is 0. The van der Waals surface area contributed by atoms with E-state index in [2.05, 4.69) is 4.74 Å². The molecule has 2 amide bonds. The number of ether oxygens (including phenoxy) is 2. The second kappa shape index (κ2) is 5.18. The molecule has 0 spiro atoms. The van der Waals surface area contributed by atoms with Crippen LogP contribution in [0.25, 0.3) is 0 Å². The van der Waals surface area contributed by atoms with Crippen LogP contribution in [0.15, 0.2) is 0 Å².